The van der Waals surface area contributed by atoms with Crippen LogP contribution in [0.15, 0.2) is 54.6 Å². The normalized spacial score (nSPS) is 22.3. The standard InChI is InChI=1S/C18H21N/c1-19(2)17-13-12-14-8-6-7-11-16(14)18(17)15-9-4-3-5-10-15/h3-11,17-18H,12-13H2,1-2H3/t17-,18-/m1/s1. The van der Waals surface area contributed by atoms with Gasteiger partial charge in [-0.2, -0.15) is 0 Å². The second kappa shape index (κ2) is 5.18. The molecule has 1 heteroatoms. The van der Waals surface area contributed by atoms with Gasteiger partial charge in [-0.15, -0.1) is 0 Å². The van der Waals surface area contributed by atoms with E-state index in [4.69, 9.17) is 0 Å². The molecule has 0 N–H and O–H groups in total. The number of nitrogens with zero attached hydrogens (tertiary/aromatic N) is 1. The third kappa shape index (κ3) is 2.31. The Morgan fingerprint density at radius 2 is 1.58 bits per heavy atom. The molecule has 0 saturated carbocycles. The number of likely N-dealkylation sites (N-methyl/N-ethyl adjacent to an activating group) is 1. The zero-order chi connectivity index (χ0) is 13.2. The van der Waals surface area contributed by atoms with Gasteiger partial charge in [0.15, 0.2) is 0 Å². The zero-order valence-corrected chi connectivity index (χ0v) is 11.7. The van der Waals surface area contributed by atoms with Crippen LogP contribution in [-0.2, 0) is 6.42 Å². The maximum Gasteiger partial charge on any atom is 0.0248 e. The fraction of sp³-hybridized carbons (Fsp3) is 0.333. The molecule has 0 aromatic heterocycles. The van der Waals surface area contributed by atoms with E-state index >= 15 is 0 Å². The van der Waals surface area contributed by atoms with Crippen molar-refractivity contribution in [3.63, 3.8) is 0 Å². The number of aryl methyl sites for hydroxylation is 1. The van der Waals surface area contributed by atoms with Gasteiger partial charge in [-0.25, -0.2) is 0 Å². The van der Waals surface area contributed by atoms with Crippen molar-refractivity contribution < 1.29 is 0 Å². The molecule has 0 radical (unpaired) electrons. The van der Waals surface area contributed by atoms with Gasteiger partial charge in [0, 0.05) is 12.0 Å². The lowest BCUT2D eigenvalue weighted by atomic mass is 9.75. The highest BCUT2D eigenvalue weighted by molar-refractivity contribution is 5.41. The number of fused-ring (bicyclic) bond motifs is 1. The van der Waals surface area contributed by atoms with Gasteiger partial charge in [0.2, 0.25) is 0 Å². The van der Waals surface area contributed by atoms with Crippen LogP contribution < -0.4 is 0 Å². The van der Waals surface area contributed by atoms with E-state index in [2.05, 4.69) is 73.6 Å². The first-order valence-electron chi connectivity index (χ1n) is 7.06. The lowest BCUT2D eigenvalue weighted by molar-refractivity contribution is 0.245. The highest BCUT2D eigenvalue weighted by atomic mass is 15.1. The fourth-order valence-corrected chi connectivity index (χ4v) is 3.36. The third-order valence-electron chi connectivity index (χ3n) is 4.31. The number of hydrogen-bond donors (Lipinski definition) is 0. The van der Waals surface area contributed by atoms with Crippen LogP contribution >= 0.6 is 0 Å². The van der Waals surface area contributed by atoms with Gasteiger partial charge >= 0.3 is 0 Å². The molecule has 3 rings (SSSR count). The van der Waals surface area contributed by atoms with Gasteiger partial charge in [-0.1, -0.05) is 54.6 Å². The van der Waals surface area contributed by atoms with Crippen LogP contribution in [0.2, 0.25) is 0 Å². The summed E-state index contributed by atoms with van der Waals surface area (Å²) < 4.78 is 0. The summed E-state index contributed by atoms with van der Waals surface area (Å²) in [6.45, 7) is 0. The molecule has 0 unspecified atom stereocenters. The molecule has 2 aromatic rings. The third-order valence-corrected chi connectivity index (χ3v) is 4.31. The monoisotopic (exact) mass is 251 g/mol. The predicted octanol–water partition coefficient (Wildman–Crippen LogP) is 3.69. The summed E-state index contributed by atoms with van der Waals surface area (Å²) in [5.74, 6) is 0.501. The van der Waals surface area contributed by atoms with Crippen LogP contribution in [0.1, 0.15) is 29.0 Å². The van der Waals surface area contributed by atoms with E-state index in [-0.39, 0.29) is 0 Å². The van der Waals surface area contributed by atoms with Crippen molar-refractivity contribution in [1.82, 2.24) is 4.90 Å². The average Bonchev–Trinajstić information content (AvgIpc) is 2.46. The molecular formula is C18H21N. The molecular weight excluding hydrogens is 230 g/mol. The summed E-state index contributed by atoms with van der Waals surface area (Å²) in [4.78, 5) is 2.38. The molecule has 19 heavy (non-hydrogen) atoms. The smallest absolute Gasteiger partial charge is 0.0248 e. The summed E-state index contributed by atoms with van der Waals surface area (Å²) >= 11 is 0. The molecule has 2 aromatic carbocycles. The SMILES string of the molecule is CN(C)[C@@H]1CCc2ccccc2[C@H]1c1ccccc1. The highest BCUT2D eigenvalue weighted by Crippen LogP contribution is 2.38. The van der Waals surface area contributed by atoms with Gasteiger partial charge in [0.25, 0.3) is 0 Å². The lowest BCUT2D eigenvalue weighted by Crippen LogP contribution is -2.38. The van der Waals surface area contributed by atoms with Crippen LogP contribution in [0.5, 0.6) is 0 Å². The lowest BCUT2D eigenvalue weighted by Gasteiger charge is -2.38. The summed E-state index contributed by atoms with van der Waals surface area (Å²) in [7, 11) is 4.41. The van der Waals surface area contributed by atoms with Gasteiger partial charge in [0.1, 0.15) is 0 Å². The van der Waals surface area contributed by atoms with Crippen LogP contribution in [0.25, 0.3) is 0 Å². The molecule has 0 bridgehead atoms. The Morgan fingerprint density at radius 3 is 2.32 bits per heavy atom. The van der Waals surface area contributed by atoms with Gasteiger partial charge < -0.3 is 4.90 Å². The van der Waals surface area contributed by atoms with E-state index in [0.29, 0.717) is 12.0 Å². The average molecular weight is 251 g/mol. The van der Waals surface area contributed by atoms with Crippen molar-refractivity contribution in [2.75, 3.05) is 14.1 Å². The minimum atomic E-state index is 0.501. The molecule has 0 saturated heterocycles. The molecule has 0 fully saturated rings. The Kier molecular flexibility index (Phi) is 3.39. The Morgan fingerprint density at radius 1 is 0.895 bits per heavy atom. The van der Waals surface area contributed by atoms with E-state index < -0.39 is 0 Å². The summed E-state index contributed by atoms with van der Waals surface area (Å²) in [5.41, 5.74) is 4.47. The Labute approximate surface area is 115 Å². The number of rotatable bonds is 2. The van der Waals surface area contributed by atoms with E-state index in [1.807, 2.05) is 0 Å². The maximum absolute atomic E-state index is 2.38. The fourth-order valence-electron chi connectivity index (χ4n) is 3.36. The first-order chi connectivity index (χ1) is 9.27. The maximum atomic E-state index is 2.38. The second-order valence-corrected chi connectivity index (χ2v) is 5.66. The quantitative estimate of drug-likeness (QED) is 0.786. The molecule has 0 spiro atoms. The van der Waals surface area contributed by atoms with Crippen LogP contribution in [0.4, 0.5) is 0 Å². The van der Waals surface area contributed by atoms with E-state index in [1.165, 1.54) is 29.5 Å². The highest BCUT2D eigenvalue weighted by Gasteiger charge is 2.31. The Balaban J connectivity index is 2.10. The minimum absolute atomic E-state index is 0.501. The van der Waals surface area contributed by atoms with E-state index in [0.717, 1.165) is 0 Å². The summed E-state index contributed by atoms with van der Waals surface area (Å²) in [6.07, 6.45) is 2.44. The molecule has 98 valence electrons. The van der Waals surface area contributed by atoms with Crippen LogP contribution in [0, 0.1) is 0 Å². The van der Waals surface area contributed by atoms with Crippen molar-refractivity contribution in [2.24, 2.45) is 0 Å². The second-order valence-electron chi connectivity index (χ2n) is 5.66. The first-order valence-corrected chi connectivity index (χ1v) is 7.06. The van der Waals surface area contributed by atoms with Crippen molar-refractivity contribution in [1.29, 1.82) is 0 Å². The van der Waals surface area contributed by atoms with Crippen molar-refractivity contribution in [2.45, 2.75) is 24.8 Å². The van der Waals surface area contributed by atoms with Gasteiger partial charge in [-0.3, -0.25) is 0 Å². The predicted molar refractivity (Wildman–Crippen MR) is 80.5 cm³/mol. The Hall–Kier alpha value is -1.60. The van der Waals surface area contributed by atoms with Crippen molar-refractivity contribution >= 4 is 0 Å². The van der Waals surface area contributed by atoms with E-state index in [1.54, 1.807) is 0 Å². The van der Waals surface area contributed by atoms with Crippen LogP contribution in [0.3, 0.4) is 0 Å². The molecule has 0 aliphatic heterocycles. The molecule has 1 nitrogen and oxygen atoms in total. The molecule has 0 heterocycles. The van der Waals surface area contributed by atoms with Crippen molar-refractivity contribution in [3.05, 3.63) is 71.3 Å². The summed E-state index contributed by atoms with van der Waals surface area (Å²) in [6, 6.07) is 20.5. The molecule has 2 atom stereocenters. The van der Waals surface area contributed by atoms with Crippen molar-refractivity contribution in [3.8, 4) is 0 Å². The summed E-state index contributed by atoms with van der Waals surface area (Å²) in [5, 5.41) is 0. The molecule has 1 aliphatic carbocycles. The largest absolute Gasteiger partial charge is 0.305 e. The number of benzene rings is 2. The Bertz CT molecular complexity index is 545. The molecule has 1 aliphatic rings. The van der Waals surface area contributed by atoms with Gasteiger partial charge in [0.05, 0.1) is 0 Å². The zero-order valence-electron chi connectivity index (χ0n) is 11.7. The van der Waals surface area contributed by atoms with Gasteiger partial charge in [-0.05, 0) is 43.6 Å². The van der Waals surface area contributed by atoms with Crippen LogP contribution in [-0.4, -0.2) is 25.0 Å². The molecule has 0 amide bonds. The number of hydrogen-bond acceptors (Lipinski definition) is 1. The van der Waals surface area contributed by atoms with E-state index in [9.17, 15) is 0 Å². The topological polar surface area (TPSA) is 3.24 Å². The minimum Gasteiger partial charge on any atom is -0.305 e. The first kappa shape index (κ1) is 12.4.